The molecule has 0 unspecified atom stereocenters. The maximum Gasteiger partial charge on any atom is 0.222 e. The van der Waals surface area contributed by atoms with Crippen molar-refractivity contribution in [1.82, 2.24) is 10.2 Å². The Morgan fingerprint density at radius 3 is 2.37 bits per heavy atom. The van der Waals surface area contributed by atoms with Gasteiger partial charge < -0.3 is 15.1 Å². The number of carbonyl (C=O) groups is 1. The Balaban J connectivity index is 1.34. The van der Waals surface area contributed by atoms with Crippen molar-refractivity contribution in [3.05, 3.63) is 54.6 Å². The summed E-state index contributed by atoms with van der Waals surface area (Å²) in [7, 11) is 1.92. The van der Waals surface area contributed by atoms with Gasteiger partial charge in [0, 0.05) is 50.9 Å². The molecule has 2 aliphatic rings. The summed E-state index contributed by atoms with van der Waals surface area (Å²) in [5.41, 5.74) is 3.87. The maximum atomic E-state index is 11.7. The summed E-state index contributed by atoms with van der Waals surface area (Å²) in [4.78, 5) is 16.0. The average molecular weight is 364 g/mol. The SMILES string of the molecule is CN1C[C@H](NC2CCN(c3cccc(-c4ccccc4)c3)CC2)CCC1=O. The lowest BCUT2D eigenvalue weighted by Crippen LogP contribution is -2.52. The van der Waals surface area contributed by atoms with Crippen LogP contribution in [0.2, 0.25) is 0 Å². The quantitative estimate of drug-likeness (QED) is 0.903. The molecular weight excluding hydrogens is 334 g/mol. The van der Waals surface area contributed by atoms with Crippen LogP contribution in [0.3, 0.4) is 0 Å². The van der Waals surface area contributed by atoms with Gasteiger partial charge in [-0.15, -0.1) is 0 Å². The number of anilines is 1. The molecule has 2 aromatic rings. The zero-order valence-electron chi connectivity index (χ0n) is 16.1. The Kier molecular flexibility index (Phi) is 5.44. The third-order valence-corrected chi connectivity index (χ3v) is 5.91. The molecule has 2 aliphatic heterocycles. The molecule has 1 N–H and O–H groups in total. The standard InChI is InChI=1S/C23H29N3O/c1-25-17-21(10-11-23(25)27)24-20-12-14-26(15-13-20)22-9-5-8-19(16-22)18-6-3-2-4-7-18/h2-9,16,20-21,24H,10-15,17H2,1H3/t21-/m1/s1. The highest BCUT2D eigenvalue weighted by Crippen LogP contribution is 2.27. The van der Waals surface area contributed by atoms with Gasteiger partial charge in [0.15, 0.2) is 0 Å². The van der Waals surface area contributed by atoms with Crippen molar-refractivity contribution in [2.45, 2.75) is 37.8 Å². The molecule has 4 nitrogen and oxygen atoms in total. The maximum absolute atomic E-state index is 11.7. The van der Waals surface area contributed by atoms with Gasteiger partial charge in [0.1, 0.15) is 0 Å². The number of benzene rings is 2. The van der Waals surface area contributed by atoms with Crippen molar-refractivity contribution in [3.63, 3.8) is 0 Å². The third kappa shape index (κ3) is 4.33. The molecule has 2 aromatic carbocycles. The van der Waals surface area contributed by atoms with Gasteiger partial charge >= 0.3 is 0 Å². The Hall–Kier alpha value is -2.33. The zero-order chi connectivity index (χ0) is 18.6. The lowest BCUT2D eigenvalue weighted by molar-refractivity contribution is -0.132. The van der Waals surface area contributed by atoms with Gasteiger partial charge in [-0.1, -0.05) is 42.5 Å². The minimum atomic E-state index is 0.279. The summed E-state index contributed by atoms with van der Waals surface area (Å²) in [5, 5.41) is 3.80. The van der Waals surface area contributed by atoms with Gasteiger partial charge in [0.05, 0.1) is 0 Å². The van der Waals surface area contributed by atoms with E-state index in [1.165, 1.54) is 16.8 Å². The van der Waals surface area contributed by atoms with Gasteiger partial charge in [0.25, 0.3) is 0 Å². The fraction of sp³-hybridized carbons (Fsp3) is 0.435. The predicted octanol–water partition coefficient (Wildman–Crippen LogP) is 3.53. The van der Waals surface area contributed by atoms with Gasteiger partial charge in [-0.05, 0) is 42.5 Å². The first-order chi connectivity index (χ1) is 13.2. The summed E-state index contributed by atoms with van der Waals surface area (Å²) in [6.07, 6.45) is 3.97. The normalized spacial score (nSPS) is 21.5. The zero-order valence-corrected chi connectivity index (χ0v) is 16.1. The van der Waals surface area contributed by atoms with Gasteiger partial charge in [0.2, 0.25) is 5.91 Å². The molecule has 1 amide bonds. The van der Waals surface area contributed by atoms with E-state index in [-0.39, 0.29) is 5.91 Å². The van der Waals surface area contributed by atoms with Crippen molar-refractivity contribution < 1.29 is 4.79 Å². The van der Waals surface area contributed by atoms with E-state index in [4.69, 9.17) is 0 Å². The molecule has 0 radical (unpaired) electrons. The smallest absolute Gasteiger partial charge is 0.222 e. The Morgan fingerprint density at radius 1 is 0.889 bits per heavy atom. The summed E-state index contributed by atoms with van der Waals surface area (Å²) >= 11 is 0. The lowest BCUT2D eigenvalue weighted by atomic mass is 9.99. The summed E-state index contributed by atoms with van der Waals surface area (Å²) in [6.45, 7) is 3.01. The molecule has 142 valence electrons. The second kappa shape index (κ2) is 8.13. The first kappa shape index (κ1) is 18.1. The van der Waals surface area contributed by atoms with E-state index in [0.717, 1.165) is 38.9 Å². The molecule has 0 saturated carbocycles. The Bertz CT molecular complexity index is 768. The van der Waals surface area contributed by atoms with Gasteiger partial charge in [-0.25, -0.2) is 0 Å². The van der Waals surface area contributed by atoms with Crippen molar-refractivity contribution >= 4 is 11.6 Å². The summed E-state index contributed by atoms with van der Waals surface area (Å²) in [5.74, 6) is 0.279. The van der Waals surface area contributed by atoms with Crippen LogP contribution < -0.4 is 10.2 Å². The molecule has 27 heavy (non-hydrogen) atoms. The molecule has 2 heterocycles. The van der Waals surface area contributed by atoms with Crippen LogP contribution in [0.5, 0.6) is 0 Å². The average Bonchev–Trinajstić information content (AvgIpc) is 2.72. The number of likely N-dealkylation sites (N-methyl/N-ethyl adjacent to an activating group) is 1. The lowest BCUT2D eigenvalue weighted by Gasteiger charge is -2.38. The van der Waals surface area contributed by atoms with Crippen LogP contribution >= 0.6 is 0 Å². The number of hydrogen-bond acceptors (Lipinski definition) is 3. The van der Waals surface area contributed by atoms with E-state index in [1.54, 1.807) is 0 Å². The number of amides is 1. The third-order valence-electron chi connectivity index (χ3n) is 5.91. The molecule has 4 heteroatoms. The minimum absolute atomic E-state index is 0.279. The molecule has 2 fully saturated rings. The van der Waals surface area contributed by atoms with Crippen LogP contribution in [0.4, 0.5) is 5.69 Å². The second-order valence-corrected chi connectivity index (χ2v) is 7.85. The molecule has 0 spiro atoms. The fourth-order valence-electron chi connectivity index (χ4n) is 4.30. The van der Waals surface area contributed by atoms with Crippen molar-refractivity contribution in [3.8, 4) is 11.1 Å². The largest absolute Gasteiger partial charge is 0.371 e. The van der Waals surface area contributed by atoms with Crippen LogP contribution in [0.15, 0.2) is 54.6 Å². The molecular formula is C23H29N3O. The Labute approximate surface area is 162 Å². The monoisotopic (exact) mass is 363 g/mol. The summed E-state index contributed by atoms with van der Waals surface area (Å²) in [6, 6.07) is 20.5. The highest BCUT2D eigenvalue weighted by Gasteiger charge is 2.26. The number of likely N-dealkylation sites (tertiary alicyclic amines) is 1. The molecule has 2 saturated heterocycles. The van der Waals surface area contributed by atoms with E-state index in [0.29, 0.717) is 18.5 Å². The van der Waals surface area contributed by atoms with Crippen LogP contribution in [-0.2, 0) is 4.79 Å². The number of piperidine rings is 2. The minimum Gasteiger partial charge on any atom is -0.371 e. The molecule has 0 aromatic heterocycles. The van der Waals surface area contributed by atoms with Crippen LogP contribution in [-0.4, -0.2) is 49.6 Å². The fourth-order valence-corrected chi connectivity index (χ4v) is 4.30. The van der Waals surface area contributed by atoms with E-state index < -0.39 is 0 Å². The Morgan fingerprint density at radius 2 is 1.63 bits per heavy atom. The van der Waals surface area contributed by atoms with E-state index >= 15 is 0 Å². The first-order valence-electron chi connectivity index (χ1n) is 10.1. The molecule has 0 aliphatic carbocycles. The highest BCUT2D eigenvalue weighted by atomic mass is 16.2. The first-order valence-corrected chi connectivity index (χ1v) is 10.1. The molecule has 0 bridgehead atoms. The van der Waals surface area contributed by atoms with Crippen LogP contribution in [0, 0.1) is 0 Å². The molecule has 1 atom stereocenters. The number of hydrogen-bond donors (Lipinski definition) is 1. The number of nitrogens with zero attached hydrogens (tertiary/aromatic N) is 2. The van der Waals surface area contributed by atoms with Gasteiger partial charge in [-0.2, -0.15) is 0 Å². The van der Waals surface area contributed by atoms with Crippen molar-refractivity contribution in [1.29, 1.82) is 0 Å². The second-order valence-electron chi connectivity index (χ2n) is 7.85. The van der Waals surface area contributed by atoms with E-state index in [1.807, 2.05) is 11.9 Å². The van der Waals surface area contributed by atoms with E-state index in [9.17, 15) is 4.79 Å². The number of nitrogens with one attached hydrogen (secondary N) is 1. The highest BCUT2D eigenvalue weighted by molar-refractivity contribution is 5.76. The van der Waals surface area contributed by atoms with Crippen LogP contribution in [0.1, 0.15) is 25.7 Å². The van der Waals surface area contributed by atoms with Crippen molar-refractivity contribution in [2.75, 3.05) is 31.6 Å². The number of rotatable bonds is 4. The van der Waals surface area contributed by atoms with E-state index in [2.05, 4.69) is 64.8 Å². The van der Waals surface area contributed by atoms with Crippen LogP contribution in [0.25, 0.3) is 11.1 Å². The van der Waals surface area contributed by atoms with Gasteiger partial charge in [-0.3, -0.25) is 4.79 Å². The number of carbonyl (C=O) groups excluding carboxylic acids is 1. The summed E-state index contributed by atoms with van der Waals surface area (Å²) < 4.78 is 0. The molecule has 4 rings (SSSR count). The topological polar surface area (TPSA) is 35.6 Å². The predicted molar refractivity (Wildman–Crippen MR) is 111 cm³/mol. The van der Waals surface area contributed by atoms with Crippen molar-refractivity contribution in [2.24, 2.45) is 0 Å².